The van der Waals surface area contributed by atoms with E-state index in [1.165, 1.54) is 28.0 Å². The molecule has 164 valence electrons. The summed E-state index contributed by atoms with van der Waals surface area (Å²) in [5.74, 6) is 0.647. The molecular weight excluding hydrogens is 474 g/mol. The number of hydrogen-bond acceptors (Lipinski definition) is 6. The van der Waals surface area contributed by atoms with Gasteiger partial charge in [0.25, 0.3) is 0 Å². The molecule has 2 aromatic carbocycles. The van der Waals surface area contributed by atoms with Gasteiger partial charge in [0.15, 0.2) is 11.0 Å². The van der Waals surface area contributed by atoms with Crippen LogP contribution in [0.3, 0.4) is 0 Å². The highest BCUT2D eigenvalue weighted by molar-refractivity contribution is 7.99. The number of carbonyl (C=O) groups is 1. The van der Waals surface area contributed by atoms with Gasteiger partial charge in [-0.15, -0.1) is 21.5 Å². The minimum absolute atomic E-state index is 0.152. The van der Waals surface area contributed by atoms with Crippen LogP contribution in [0, 0.1) is 11.3 Å². The summed E-state index contributed by atoms with van der Waals surface area (Å²) in [6.45, 7) is 0. The largest absolute Gasteiger partial charge is 0.316 e. The van der Waals surface area contributed by atoms with Crippen LogP contribution in [0.15, 0.2) is 59.8 Å². The molecule has 0 unspecified atom stereocenters. The number of para-hydroxylation sites is 1. The van der Waals surface area contributed by atoms with E-state index >= 15 is 0 Å². The van der Waals surface area contributed by atoms with E-state index in [2.05, 4.69) is 21.6 Å². The number of rotatable bonds is 6. The summed E-state index contributed by atoms with van der Waals surface area (Å²) in [6.07, 6.45) is 2.96. The highest BCUT2D eigenvalue weighted by Crippen LogP contribution is 2.38. The number of halogens is 1. The first-order chi connectivity index (χ1) is 16.1. The number of aryl methyl sites for hydroxylation is 1. The lowest BCUT2D eigenvalue weighted by Crippen LogP contribution is -2.14. The second kappa shape index (κ2) is 9.40. The number of fused-ring (bicyclic) bond motifs is 1. The number of thioether (sulfide) groups is 1. The van der Waals surface area contributed by atoms with Crippen LogP contribution < -0.4 is 5.32 Å². The number of nitriles is 1. The molecule has 2 heterocycles. The van der Waals surface area contributed by atoms with Crippen molar-refractivity contribution in [2.45, 2.75) is 24.4 Å². The number of benzene rings is 2. The van der Waals surface area contributed by atoms with Gasteiger partial charge in [-0.3, -0.25) is 9.36 Å². The number of hydrogen-bond donors (Lipinski definition) is 1. The lowest BCUT2D eigenvalue weighted by Gasteiger charge is -2.10. The second-order valence-corrected chi connectivity index (χ2v) is 9.98. The lowest BCUT2D eigenvalue weighted by molar-refractivity contribution is -0.113. The van der Waals surface area contributed by atoms with E-state index < -0.39 is 0 Å². The van der Waals surface area contributed by atoms with E-state index in [0.29, 0.717) is 26.6 Å². The Bertz CT molecular complexity index is 1360. The minimum atomic E-state index is -0.174. The van der Waals surface area contributed by atoms with Crippen molar-refractivity contribution in [1.29, 1.82) is 5.26 Å². The van der Waals surface area contributed by atoms with E-state index in [9.17, 15) is 10.1 Å². The van der Waals surface area contributed by atoms with Gasteiger partial charge >= 0.3 is 0 Å². The SMILES string of the molecule is N#Cc1c(NC(=O)CSc2nnc(-c3ccc(Cl)cc3)n2-c2ccccc2)sc2c1CCC2. The van der Waals surface area contributed by atoms with Crippen molar-refractivity contribution in [3.05, 3.63) is 75.6 Å². The zero-order chi connectivity index (χ0) is 22.8. The smallest absolute Gasteiger partial charge is 0.235 e. The summed E-state index contributed by atoms with van der Waals surface area (Å²) in [4.78, 5) is 13.9. The molecule has 4 aromatic rings. The van der Waals surface area contributed by atoms with Crippen molar-refractivity contribution in [2.24, 2.45) is 0 Å². The van der Waals surface area contributed by atoms with Crippen LogP contribution in [0.1, 0.15) is 22.4 Å². The molecule has 0 saturated heterocycles. The quantitative estimate of drug-likeness (QED) is 0.348. The third-order valence-electron chi connectivity index (χ3n) is 5.37. The third-order valence-corrected chi connectivity index (χ3v) is 7.76. The number of amides is 1. The lowest BCUT2D eigenvalue weighted by atomic mass is 10.1. The molecule has 0 aliphatic heterocycles. The Morgan fingerprint density at radius 1 is 1.15 bits per heavy atom. The molecule has 1 N–H and O–H groups in total. The summed E-state index contributed by atoms with van der Waals surface area (Å²) in [7, 11) is 0. The summed E-state index contributed by atoms with van der Waals surface area (Å²) in [5.41, 5.74) is 3.49. The van der Waals surface area contributed by atoms with Gasteiger partial charge in [-0.2, -0.15) is 5.26 Å². The first-order valence-electron chi connectivity index (χ1n) is 10.4. The Labute approximate surface area is 204 Å². The Hall–Kier alpha value is -3.12. The van der Waals surface area contributed by atoms with Crippen LogP contribution >= 0.6 is 34.7 Å². The van der Waals surface area contributed by atoms with Crippen molar-refractivity contribution in [2.75, 3.05) is 11.1 Å². The number of thiophene rings is 1. The van der Waals surface area contributed by atoms with E-state index in [4.69, 9.17) is 11.6 Å². The van der Waals surface area contributed by atoms with Gasteiger partial charge in [-0.05, 0) is 61.2 Å². The molecule has 1 aliphatic rings. The Kier molecular flexibility index (Phi) is 6.18. The monoisotopic (exact) mass is 491 g/mol. The van der Waals surface area contributed by atoms with Gasteiger partial charge in [0.2, 0.25) is 5.91 Å². The topological polar surface area (TPSA) is 83.6 Å². The fourth-order valence-electron chi connectivity index (χ4n) is 3.86. The van der Waals surface area contributed by atoms with Crippen molar-refractivity contribution >= 4 is 45.6 Å². The Morgan fingerprint density at radius 3 is 2.70 bits per heavy atom. The van der Waals surface area contributed by atoms with Crippen molar-refractivity contribution in [1.82, 2.24) is 14.8 Å². The molecule has 0 fully saturated rings. The first-order valence-corrected chi connectivity index (χ1v) is 12.6. The van der Waals surface area contributed by atoms with Crippen molar-refractivity contribution in [3.8, 4) is 23.1 Å². The van der Waals surface area contributed by atoms with E-state index in [-0.39, 0.29) is 11.7 Å². The van der Waals surface area contributed by atoms with Crippen LogP contribution in [0.25, 0.3) is 17.1 Å². The van der Waals surface area contributed by atoms with Gasteiger partial charge < -0.3 is 5.32 Å². The maximum Gasteiger partial charge on any atom is 0.235 e. The molecule has 0 saturated carbocycles. The summed E-state index contributed by atoms with van der Waals surface area (Å²) in [6, 6.07) is 19.5. The average molecular weight is 492 g/mol. The molecule has 0 atom stereocenters. The van der Waals surface area contributed by atoms with Crippen molar-refractivity contribution in [3.63, 3.8) is 0 Å². The maximum atomic E-state index is 12.7. The molecule has 0 bridgehead atoms. The third kappa shape index (κ3) is 4.40. The Balaban J connectivity index is 1.38. The number of nitrogens with zero attached hydrogens (tertiary/aromatic N) is 4. The van der Waals surface area contributed by atoms with Crippen molar-refractivity contribution < 1.29 is 4.79 Å². The number of nitrogens with one attached hydrogen (secondary N) is 1. The van der Waals surface area contributed by atoms with Crippen LogP contribution in [0.4, 0.5) is 5.00 Å². The van der Waals surface area contributed by atoms with Crippen LogP contribution in [-0.2, 0) is 17.6 Å². The standard InChI is InChI=1S/C24H18ClN5OS2/c25-16-11-9-15(10-12-16)22-28-29-24(30(22)17-5-2-1-3-6-17)32-14-21(31)27-23-19(13-26)18-7-4-8-20(18)33-23/h1-3,5-6,9-12H,4,7-8,14H2,(H,27,31). The van der Waals surface area contributed by atoms with Crippen LogP contribution in [-0.4, -0.2) is 26.4 Å². The van der Waals surface area contributed by atoms with E-state index in [0.717, 1.165) is 36.1 Å². The molecule has 9 heteroatoms. The van der Waals surface area contributed by atoms with E-state index in [1.807, 2.05) is 59.2 Å². The fourth-order valence-corrected chi connectivity index (χ4v) is 6.00. The number of anilines is 1. The molecule has 1 amide bonds. The van der Waals surface area contributed by atoms with Gasteiger partial charge in [-0.25, -0.2) is 0 Å². The summed E-state index contributed by atoms with van der Waals surface area (Å²) >= 11 is 8.87. The maximum absolute atomic E-state index is 12.7. The van der Waals surface area contributed by atoms with Crippen LogP contribution in [0.2, 0.25) is 5.02 Å². The zero-order valence-electron chi connectivity index (χ0n) is 17.4. The van der Waals surface area contributed by atoms with Gasteiger partial charge in [0.05, 0.1) is 11.3 Å². The molecular formula is C24H18ClN5OS2. The summed E-state index contributed by atoms with van der Waals surface area (Å²) < 4.78 is 1.93. The molecule has 2 aromatic heterocycles. The zero-order valence-corrected chi connectivity index (χ0v) is 19.8. The molecule has 6 nitrogen and oxygen atoms in total. The second-order valence-electron chi connectivity index (χ2n) is 7.49. The molecule has 0 spiro atoms. The predicted molar refractivity (Wildman–Crippen MR) is 132 cm³/mol. The highest BCUT2D eigenvalue weighted by atomic mass is 35.5. The normalized spacial score (nSPS) is 12.4. The van der Waals surface area contributed by atoms with E-state index in [1.54, 1.807) is 0 Å². The molecule has 0 radical (unpaired) electrons. The van der Waals surface area contributed by atoms with Gasteiger partial charge in [-0.1, -0.05) is 41.6 Å². The molecule has 5 rings (SSSR count). The van der Waals surface area contributed by atoms with Gasteiger partial charge in [0, 0.05) is 21.2 Å². The molecule has 1 aliphatic carbocycles. The summed E-state index contributed by atoms with van der Waals surface area (Å²) in [5, 5.41) is 23.1. The highest BCUT2D eigenvalue weighted by Gasteiger charge is 2.23. The predicted octanol–water partition coefficient (Wildman–Crippen LogP) is 5.74. The van der Waals surface area contributed by atoms with Crippen LogP contribution in [0.5, 0.6) is 0 Å². The van der Waals surface area contributed by atoms with Gasteiger partial charge in [0.1, 0.15) is 11.1 Å². The average Bonchev–Trinajstić information content (AvgIpc) is 3.53. The number of aromatic nitrogens is 3. The fraction of sp³-hybridized carbons (Fsp3) is 0.167. The molecule has 33 heavy (non-hydrogen) atoms. The first kappa shape index (κ1) is 21.7. The number of carbonyl (C=O) groups excluding carboxylic acids is 1. The minimum Gasteiger partial charge on any atom is -0.316 e. The Morgan fingerprint density at radius 2 is 1.94 bits per heavy atom.